The van der Waals surface area contributed by atoms with Gasteiger partial charge in [0.1, 0.15) is 5.82 Å². The molecule has 0 spiro atoms. The summed E-state index contributed by atoms with van der Waals surface area (Å²) in [4.78, 5) is 0. The molecule has 2 nitrogen and oxygen atoms in total. The molecular formula is C17H12N2S. The van der Waals surface area contributed by atoms with Crippen LogP contribution >= 0.6 is 11.5 Å². The minimum absolute atomic E-state index is 0.618. The van der Waals surface area contributed by atoms with E-state index in [4.69, 9.17) is 5.73 Å². The number of nitrogens with two attached hydrogens (primary N) is 1. The maximum absolute atomic E-state index is 5.91. The fourth-order valence-electron chi connectivity index (χ4n) is 2.57. The van der Waals surface area contributed by atoms with Crippen molar-refractivity contribution >= 4 is 38.2 Å². The van der Waals surface area contributed by atoms with Gasteiger partial charge in [0.05, 0.1) is 4.70 Å². The first kappa shape index (κ1) is 11.4. The fourth-order valence-corrected chi connectivity index (χ4v) is 3.41. The highest BCUT2D eigenvalue weighted by Gasteiger charge is 2.09. The van der Waals surface area contributed by atoms with E-state index < -0.39 is 0 Å². The van der Waals surface area contributed by atoms with E-state index >= 15 is 0 Å². The Kier molecular flexibility index (Phi) is 2.47. The fraction of sp³-hybridized carbons (Fsp3) is 0. The number of nitrogen functional groups attached to an aromatic ring is 1. The average molecular weight is 276 g/mol. The Morgan fingerprint density at radius 1 is 0.850 bits per heavy atom. The Hall–Kier alpha value is -2.39. The van der Waals surface area contributed by atoms with Crippen LogP contribution in [0.4, 0.5) is 5.82 Å². The summed E-state index contributed by atoms with van der Waals surface area (Å²) < 4.78 is 5.42. The molecule has 0 aliphatic heterocycles. The lowest BCUT2D eigenvalue weighted by Crippen LogP contribution is -1.84. The second-order valence-corrected chi connectivity index (χ2v) is 5.59. The highest BCUT2D eigenvalue weighted by molar-refractivity contribution is 7.14. The third-order valence-electron chi connectivity index (χ3n) is 3.59. The molecule has 0 saturated carbocycles. The second kappa shape index (κ2) is 4.32. The minimum atomic E-state index is 0.618. The van der Waals surface area contributed by atoms with Gasteiger partial charge >= 0.3 is 0 Å². The largest absolute Gasteiger partial charge is 0.382 e. The molecule has 3 heteroatoms. The first-order chi connectivity index (χ1) is 9.83. The number of aromatic nitrogens is 1. The lowest BCUT2D eigenvalue weighted by atomic mass is 10.0. The van der Waals surface area contributed by atoms with Gasteiger partial charge in [-0.2, -0.15) is 4.37 Å². The molecule has 96 valence electrons. The number of nitrogens with zero attached hydrogens (tertiary/aromatic N) is 1. The first-order valence-electron chi connectivity index (χ1n) is 6.46. The Morgan fingerprint density at radius 2 is 1.70 bits per heavy atom. The van der Waals surface area contributed by atoms with E-state index in [0.29, 0.717) is 5.82 Å². The van der Waals surface area contributed by atoms with Crippen molar-refractivity contribution in [3.63, 3.8) is 0 Å². The van der Waals surface area contributed by atoms with Gasteiger partial charge in [0.15, 0.2) is 0 Å². The smallest absolute Gasteiger partial charge is 0.145 e. The van der Waals surface area contributed by atoms with Gasteiger partial charge in [-0.3, -0.25) is 0 Å². The molecular weight excluding hydrogens is 264 g/mol. The van der Waals surface area contributed by atoms with Crippen molar-refractivity contribution in [2.45, 2.75) is 0 Å². The van der Waals surface area contributed by atoms with Crippen molar-refractivity contribution in [3.05, 3.63) is 60.7 Å². The predicted octanol–water partition coefficient (Wildman–Crippen LogP) is 4.70. The Labute approximate surface area is 120 Å². The zero-order valence-electron chi connectivity index (χ0n) is 10.7. The van der Waals surface area contributed by atoms with Crippen molar-refractivity contribution in [2.75, 3.05) is 5.73 Å². The monoisotopic (exact) mass is 276 g/mol. The van der Waals surface area contributed by atoms with Gasteiger partial charge in [0.25, 0.3) is 0 Å². The van der Waals surface area contributed by atoms with Gasteiger partial charge in [0, 0.05) is 10.9 Å². The normalized spacial score (nSPS) is 11.2. The van der Waals surface area contributed by atoms with Crippen LogP contribution in [0, 0.1) is 0 Å². The van der Waals surface area contributed by atoms with Gasteiger partial charge in [-0.15, -0.1) is 0 Å². The molecule has 20 heavy (non-hydrogen) atoms. The zero-order valence-corrected chi connectivity index (χ0v) is 11.5. The summed E-state index contributed by atoms with van der Waals surface area (Å²) in [6, 6.07) is 21.1. The predicted molar refractivity (Wildman–Crippen MR) is 87.0 cm³/mol. The molecule has 0 saturated heterocycles. The van der Waals surface area contributed by atoms with Crippen LogP contribution in [0.1, 0.15) is 0 Å². The molecule has 0 radical (unpaired) electrons. The maximum Gasteiger partial charge on any atom is 0.145 e. The van der Waals surface area contributed by atoms with Crippen LogP contribution in [0.25, 0.3) is 32.0 Å². The summed E-state index contributed by atoms with van der Waals surface area (Å²) in [5.74, 6) is 0.618. The molecule has 0 aliphatic carbocycles. The molecule has 1 heterocycles. The molecule has 0 fully saturated rings. The van der Waals surface area contributed by atoms with Crippen LogP contribution in [0.5, 0.6) is 0 Å². The molecule has 1 aromatic heterocycles. The first-order valence-corrected chi connectivity index (χ1v) is 7.23. The summed E-state index contributed by atoms with van der Waals surface area (Å²) in [5.41, 5.74) is 8.32. The number of fused-ring (bicyclic) bond motifs is 2. The number of hydrogen-bond acceptors (Lipinski definition) is 3. The van der Waals surface area contributed by atoms with Crippen LogP contribution in [0.3, 0.4) is 0 Å². The topological polar surface area (TPSA) is 38.9 Å². The van der Waals surface area contributed by atoms with Crippen LogP contribution in [0.2, 0.25) is 0 Å². The van der Waals surface area contributed by atoms with E-state index in [1.807, 2.05) is 12.1 Å². The van der Waals surface area contributed by atoms with Crippen molar-refractivity contribution in [1.82, 2.24) is 4.37 Å². The van der Waals surface area contributed by atoms with E-state index in [1.54, 1.807) is 0 Å². The van der Waals surface area contributed by atoms with E-state index in [2.05, 4.69) is 52.9 Å². The lowest BCUT2D eigenvalue weighted by Gasteiger charge is -2.05. The van der Waals surface area contributed by atoms with Crippen LogP contribution in [0.15, 0.2) is 60.7 Å². The third-order valence-corrected chi connectivity index (χ3v) is 4.50. The van der Waals surface area contributed by atoms with E-state index in [0.717, 1.165) is 10.1 Å². The average Bonchev–Trinajstić information content (AvgIpc) is 2.88. The number of anilines is 1. The third kappa shape index (κ3) is 1.67. The molecule has 0 unspecified atom stereocenters. The molecule has 4 aromatic rings. The molecule has 4 rings (SSSR count). The van der Waals surface area contributed by atoms with E-state index in [1.165, 1.54) is 33.4 Å². The minimum Gasteiger partial charge on any atom is -0.382 e. The van der Waals surface area contributed by atoms with Crippen LogP contribution in [-0.2, 0) is 0 Å². The van der Waals surface area contributed by atoms with Crippen molar-refractivity contribution in [2.24, 2.45) is 0 Å². The molecule has 2 N–H and O–H groups in total. The summed E-state index contributed by atoms with van der Waals surface area (Å²) in [7, 11) is 0. The molecule has 0 bridgehead atoms. The molecule has 0 amide bonds. The van der Waals surface area contributed by atoms with Crippen LogP contribution < -0.4 is 5.73 Å². The van der Waals surface area contributed by atoms with Gasteiger partial charge in [-0.1, -0.05) is 48.5 Å². The summed E-state index contributed by atoms with van der Waals surface area (Å²) in [6.07, 6.45) is 0. The number of rotatable bonds is 1. The summed E-state index contributed by atoms with van der Waals surface area (Å²) >= 11 is 1.47. The highest BCUT2D eigenvalue weighted by Crippen LogP contribution is 2.35. The van der Waals surface area contributed by atoms with Gasteiger partial charge < -0.3 is 5.73 Å². The SMILES string of the molecule is Nc1nsc2c(-c3ccc4ccccc4c3)cccc12. The molecule has 0 atom stereocenters. The Bertz CT molecular complexity index is 924. The van der Waals surface area contributed by atoms with Crippen LogP contribution in [-0.4, -0.2) is 4.37 Å². The Morgan fingerprint density at radius 3 is 2.60 bits per heavy atom. The van der Waals surface area contributed by atoms with E-state index in [9.17, 15) is 0 Å². The van der Waals surface area contributed by atoms with Gasteiger partial charge in [-0.25, -0.2) is 0 Å². The standard InChI is InChI=1S/C17H12N2S/c18-17-15-7-3-6-14(16(15)20-19-17)13-9-8-11-4-1-2-5-12(11)10-13/h1-10H,(H2,18,19). The van der Waals surface area contributed by atoms with Gasteiger partial charge in [-0.05, 0) is 40.0 Å². The number of benzene rings is 3. The number of hydrogen-bond donors (Lipinski definition) is 1. The summed E-state index contributed by atoms with van der Waals surface area (Å²) in [5, 5.41) is 3.55. The highest BCUT2D eigenvalue weighted by atomic mass is 32.1. The zero-order chi connectivity index (χ0) is 13.5. The van der Waals surface area contributed by atoms with Gasteiger partial charge in [0.2, 0.25) is 0 Å². The van der Waals surface area contributed by atoms with Crippen molar-refractivity contribution in [3.8, 4) is 11.1 Å². The van der Waals surface area contributed by atoms with Crippen molar-refractivity contribution < 1.29 is 0 Å². The lowest BCUT2D eigenvalue weighted by molar-refractivity contribution is 1.59. The Balaban J connectivity index is 2.01. The van der Waals surface area contributed by atoms with Crippen molar-refractivity contribution in [1.29, 1.82) is 0 Å². The molecule has 0 aliphatic rings. The summed E-state index contributed by atoms with van der Waals surface area (Å²) in [6.45, 7) is 0. The van der Waals surface area contributed by atoms with E-state index in [-0.39, 0.29) is 0 Å². The second-order valence-electron chi connectivity index (χ2n) is 4.81. The quantitative estimate of drug-likeness (QED) is 0.547. The molecule has 3 aromatic carbocycles. The maximum atomic E-state index is 5.91.